The number of ether oxygens (including phenoxy) is 1. The third-order valence-corrected chi connectivity index (χ3v) is 5.70. The molecule has 1 N–H and O–H groups in total. The van der Waals surface area contributed by atoms with Crippen molar-refractivity contribution in [2.45, 2.75) is 44.6 Å². The van der Waals surface area contributed by atoms with Crippen molar-refractivity contribution in [3.63, 3.8) is 0 Å². The fraction of sp³-hybridized carbons (Fsp3) is 0.550. The molecule has 156 valence electrons. The normalized spacial score (nSPS) is 25.9. The third-order valence-electron chi connectivity index (χ3n) is 5.70. The van der Waals surface area contributed by atoms with Crippen molar-refractivity contribution in [1.29, 1.82) is 0 Å². The standard InChI is InChI=1S/C20H22F3N3O3/c1-19(28)9-14(27)8-13-10-25-18(17(13)19)12-4-6-26(7-5-12)16-3-2-15(11-24-16)29-20(21,22)23/h2-3,11-12,28H,4-10H2,1H3. The van der Waals surface area contributed by atoms with E-state index in [4.69, 9.17) is 0 Å². The van der Waals surface area contributed by atoms with Gasteiger partial charge in [0.2, 0.25) is 0 Å². The molecule has 1 aliphatic carbocycles. The van der Waals surface area contributed by atoms with Crippen LogP contribution < -0.4 is 9.64 Å². The average Bonchev–Trinajstić information content (AvgIpc) is 3.05. The van der Waals surface area contributed by atoms with Gasteiger partial charge in [0.25, 0.3) is 0 Å². The number of hydrogen-bond acceptors (Lipinski definition) is 6. The van der Waals surface area contributed by atoms with E-state index in [0.29, 0.717) is 31.9 Å². The summed E-state index contributed by atoms with van der Waals surface area (Å²) >= 11 is 0. The number of aliphatic hydroxyl groups is 1. The Morgan fingerprint density at radius 1 is 1.28 bits per heavy atom. The summed E-state index contributed by atoms with van der Waals surface area (Å²) in [5, 5.41) is 10.8. The van der Waals surface area contributed by atoms with Crippen LogP contribution in [0.25, 0.3) is 0 Å². The number of alkyl halides is 3. The summed E-state index contributed by atoms with van der Waals surface area (Å²) in [5.74, 6) is 0.488. The second kappa shape index (κ2) is 7.12. The number of anilines is 1. The first-order valence-electron chi connectivity index (χ1n) is 9.60. The smallest absolute Gasteiger partial charge is 0.404 e. The monoisotopic (exact) mass is 409 g/mol. The first kappa shape index (κ1) is 19.9. The van der Waals surface area contributed by atoms with Crippen molar-refractivity contribution in [1.82, 2.24) is 4.98 Å². The maximum Gasteiger partial charge on any atom is 0.573 e. The van der Waals surface area contributed by atoms with Gasteiger partial charge in [-0.3, -0.25) is 9.79 Å². The van der Waals surface area contributed by atoms with E-state index in [1.165, 1.54) is 12.1 Å². The molecule has 0 bridgehead atoms. The molecule has 4 rings (SSSR count). The summed E-state index contributed by atoms with van der Waals surface area (Å²) in [6, 6.07) is 2.78. The zero-order valence-corrected chi connectivity index (χ0v) is 16.0. The maximum atomic E-state index is 12.3. The van der Waals surface area contributed by atoms with Gasteiger partial charge in [0.15, 0.2) is 0 Å². The van der Waals surface area contributed by atoms with Crippen molar-refractivity contribution < 1.29 is 27.8 Å². The summed E-state index contributed by atoms with van der Waals surface area (Å²) in [4.78, 5) is 22.6. The van der Waals surface area contributed by atoms with Crippen LogP contribution >= 0.6 is 0 Å². The fourth-order valence-corrected chi connectivity index (χ4v) is 4.56. The molecule has 2 aliphatic heterocycles. The SMILES string of the molecule is CC1(O)CC(=O)CC2=C1C(C1CCN(c3ccc(OC(F)(F)F)cn3)CC1)=NC2. The van der Waals surface area contributed by atoms with Crippen LogP contribution in [-0.2, 0) is 4.79 Å². The molecule has 1 aromatic heterocycles. The van der Waals surface area contributed by atoms with Crippen LogP contribution in [0.5, 0.6) is 5.75 Å². The lowest BCUT2D eigenvalue weighted by atomic mass is 9.74. The number of carbonyl (C=O) groups excluding carboxylic acids is 1. The van der Waals surface area contributed by atoms with E-state index in [-0.39, 0.29) is 23.9 Å². The van der Waals surface area contributed by atoms with E-state index in [1.54, 1.807) is 6.92 Å². The van der Waals surface area contributed by atoms with Gasteiger partial charge in [-0.15, -0.1) is 13.2 Å². The Bertz CT molecular complexity index is 867. The lowest BCUT2D eigenvalue weighted by molar-refractivity contribution is -0.274. The molecule has 9 heteroatoms. The predicted octanol–water partition coefficient (Wildman–Crippen LogP) is 3.06. The molecule has 3 heterocycles. The number of Topliss-reactive ketones (excluding diaryl/α,β-unsaturated/α-hetero) is 1. The summed E-state index contributed by atoms with van der Waals surface area (Å²) < 4.78 is 40.7. The average molecular weight is 409 g/mol. The first-order chi connectivity index (χ1) is 13.6. The van der Waals surface area contributed by atoms with Gasteiger partial charge in [0.1, 0.15) is 17.4 Å². The number of nitrogens with zero attached hydrogens (tertiary/aromatic N) is 3. The molecule has 0 amide bonds. The molecule has 0 aromatic carbocycles. The lowest BCUT2D eigenvalue weighted by Crippen LogP contribution is -2.42. The van der Waals surface area contributed by atoms with Gasteiger partial charge in [0, 0.05) is 43.1 Å². The second-order valence-corrected chi connectivity index (χ2v) is 8.01. The Morgan fingerprint density at radius 2 is 2.00 bits per heavy atom. The number of rotatable bonds is 3. The number of halogens is 3. The van der Waals surface area contributed by atoms with E-state index in [9.17, 15) is 23.1 Å². The highest BCUT2D eigenvalue weighted by Gasteiger charge is 2.43. The van der Waals surface area contributed by atoms with Crippen LogP contribution in [0.2, 0.25) is 0 Å². The molecule has 0 saturated carbocycles. The van der Waals surface area contributed by atoms with Crippen LogP contribution in [0.4, 0.5) is 19.0 Å². The number of aromatic nitrogens is 1. The Labute approximate surface area is 166 Å². The van der Waals surface area contributed by atoms with Gasteiger partial charge >= 0.3 is 6.36 Å². The van der Waals surface area contributed by atoms with Crippen LogP contribution in [-0.4, -0.2) is 53.2 Å². The number of piperidine rings is 1. The number of ketones is 1. The largest absolute Gasteiger partial charge is 0.573 e. The molecule has 0 spiro atoms. The molecule has 1 saturated heterocycles. The Morgan fingerprint density at radius 3 is 2.62 bits per heavy atom. The van der Waals surface area contributed by atoms with Gasteiger partial charge in [-0.25, -0.2) is 4.98 Å². The quantitative estimate of drug-likeness (QED) is 0.831. The topological polar surface area (TPSA) is 75.0 Å². The molecule has 6 nitrogen and oxygen atoms in total. The summed E-state index contributed by atoms with van der Waals surface area (Å²) in [7, 11) is 0. The van der Waals surface area contributed by atoms with Crippen molar-refractivity contribution >= 4 is 17.3 Å². The lowest BCUT2D eigenvalue weighted by Gasteiger charge is -2.37. The van der Waals surface area contributed by atoms with E-state index in [2.05, 4.69) is 14.7 Å². The Balaban J connectivity index is 1.41. The highest BCUT2D eigenvalue weighted by molar-refractivity contribution is 6.08. The predicted molar refractivity (Wildman–Crippen MR) is 100 cm³/mol. The molecular formula is C20H22F3N3O3. The molecule has 1 atom stereocenters. The first-order valence-corrected chi connectivity index (χ1v) is 9.60. The molecule has 1 fully saturated rings. The minimum atomic E-state index is -4.73. The fourth-order valence-electron chi connectivity index (χ4n) is 4.56. The molecule has 3 aliphatic rings. The zero-order chi connectivity index (χ0) is 20.8. The molecule has 1 unspecified atom stereocenters. The van der Waals surface area contributed by atoms with Crippen LogP contribution in [0.1, 0.15) is 32.6 Å². The molecule has 1 aromatic rings. The van der Waals surface area contributed by atoms with Gasteiger partial charge in [-0.05, 0) is 37.5 Å². The number of hydrogen-bond donors (Lipinski definition) is 1. The summed E-state index contributed by atoms with van der Waals surface area (Å²) in [6.45, 7) is 3.53. The number of pyridine rings is 1. The molecule has 29 heavy (non-hydrogen) atoms. The van der Waals surface area contributed by atoms with E-state index < -0.39 is 12.0 Å². The van der Waals surface area contributed by atoms with Crippen molar-refractivity contribution in [2.75, 3.05) is 24.5 Å². The minimum absolute atomic E-state index is 0.0454. The zero-order valence-electron chi connectivity index (χ0n) is 16.0. The maximum absolute atomic E-state index is 12.3. The molecular weight excluding hydrogens is 387 g/mol. The van der Waals surface area contributed by atoms with Gasteiger partial charge in [-0.2, -0.15) is 0 Å². The van der Waals surface area contributed by atoms with Gasteiger partial charge in [0.05, 0.1) is 18.3 Å². The Hall–Kier alpha value is -2.42. The summed E-state index contributed by atoms with van der Waals surface area (Å²) in [5.41, 5.74) is 1.54. The minimum Gasteiger partial charge on any atom is -0.404 e. The highest BCUT2D eigenvalue weighted by Crippen LogP contribution is 2.40. The van der Waals surface area contributed by atoms with E-state index in [1.807, 2.05) is 4.90 Å². The van der Waals surface area contributed by atoms with Gasteiger partial charge < -0.3 is 14.7 Å². The highest BCUT2D eigenvalue weighted by atomic mass is 19.4. The van der Waals surface area contributed by atoms with Crippen molar-refractivity contribution in [2.24, 2.45) is 10.9 Å². The van der Waals surface area contributed by atoms with E-state index >= 15 is 0 Å². The third kappa shape index (κ3) is 4.14. The van der Waals surface area contributed by atoms with E-state index in [0.717, 1.165) is 35.9 Å². The second-order valence-electron chi connectivity index (χ2n) is 8.01. The van der Waals surface area contributed by atoms with Gasteiger partial charge in [-0.1, -0.05) is 0 Å². The molecule has 0 radical (unpaired) electrons. The van der Waals surface area contributed by atoms with Crippen LogP contribution in [0.3, 0.4) is 0 Å². The Kier molecular flexibility index (Phi) is 4.88. The van der Waals surface area contributed by atoms with Crippen LogP contribution in [0, 0.1) is 5.92 Å². The number of aliphatic imine (C=N–C) groups is 1. The summed E-state index contributed by atoms with van der Waals surface area (Å²) in [6.07, 6.45) is -1.58. The van der Waals surface area contributed by atoms with Crippen molar-refractivity contribution in [3.8, 4) is 5.75 Å². The van der Waals surface area contributed by atoms with Crippen LogP contribution in [0.15, 0.2) is 34.5 Å². The van der Waals surface area contributed by atoms with Crippen molar-refractivity contribution in [3.05, 3.63) is 29.5 Å². The number of carbonyl (C=O) groups is 1.